The molecule has 2 aromatic heterocycles. The van der Waals surface area contributed by atoms with E-state index in [1.807, 2.05) is 0 Å². The molecule has 1 saturated heterocycles. The van der Waals surface area contributed by atoms with Crippen LogP contribution in [0.4, 0.5) is 4.39 Å². The second-order valence-corrected chi connectivity index (χ2v) is 6.08. The first-order valence-electron chi connectivity index (χ1n) is 6.36. The van der Waals surface area contributed by atoms with Gasteiger partial charge in [0.1, 0.15) is 12.2 Å². The minimum absolute atomic E-state index is 0.0198. The summed E-state index contributed by atoms with van der Waals surface area (Å²) in [5, 5.41) is 9.95. The van der Waals surface area contributed by atoms with Crippen LogP contribution in [0, 0.1) is 0 Å². The molecule has 0 saturated carbocycles. The fourth-order valence-electron chi connectivity index (χ4n) is 2.29. The fraction of sp³-hybridized carbons (Fsp3) is 0.500. The monoisotopic (exact) mass is 350 g/mol. The van der Waals surface area contributed by atoms with Gasteiger partial charge in [0.25, 0.3) is 5.56 Å². The Morgan fingerprint density at radius 3 is 2.91 bits per heavy atom. The number of fused-ring (bicyclic) bond motifs is 1. The number of hydrogen-bond donors (Lipinski definition) is 4. The van der Waals surface area contributed by atoms with Gasteiger partial charge in [-0.15, -0.1) is 0 Å². The summed E-state index contributed by atoms with van der Waals surface area (Å²) in [7, 11) is -4.80. The van der Waals surface area contributed by atoms with E-state index in [2.05, 4.69) is 19.5 Å². The Hall–Kier alpha value is -1.69. The van der Waals surface area contributed by atoms with Crippen molar-refractivity contribution in [1.29, 1.82) is 0 Å². The number of hydrogen-bond acceptors (Lipinski definition) is 7. The van der Waals surface area contributed by atoms with Crippen LogP contribution < -0.4 is 5.56 Å². The Labute approximate surface area is 126 Å². The van der Waals surface area contributed by atoms with Crippen LogP contribution in [-0.2, 0) is 13.8 Å². The molecule has 23 heavy (non-hydrogen) atoms. The number of aromatic amines is 1. The zero-order chi connectivity index (χ0) is 16.8. The largest absolute Gasteiger partial charge is 0.469 e. The summed E-state index contributed by atoms with van der Waals surface area (Å²) in [6.07, 6.45) is -4.01. The summed E-state index contributed by atoms with van der Waals surface area (Å²) in [6, 6.07) is 0. The Kier molecular flexibility index (Phi) is 4.04. The molecule has 2 aromatic rings. The van der Waals surface area contributed by atoms with E-state index in [9.17, 15) is 18.9 Å². The van der Waals surface area contributed by atoms with E-state index in [1.54, 1.807) is 0 Å². The highest BCUT2D eigenvalue weighted by Crippen LogP contribution is 2.39. The summed E-state index contributed by atoms with van der Waals surface area (Å²) >= 11 is 0. The van der Waals surface area contributed by atoms with Gasteiger partial charge in [0.15, 0.2) is 23.6 Å². The number of imidazole rings is 1. The van der Waals surface area contributed by atoms with Gasteiger partial charge >= 0.3 is 7.82 Å². The van der Waals surface area contributed by atoms with Crippen LogP contribution in [0.3, 0.4) is 0 Å². The Bertz CT molecular complexity index is 819. The first kappa shape index (κ1) is 16.2. The SMILES string of the molecule is O=c1[nH]cnc2c1ncn2[C@@H]1O[C@H](COP(=O)(O)O)[C@@H](F)[C@H]1O. The summed E-state index contributed by atoms with van der Waals surface area (Å²) in [5.41, 5.74) is -0.463. The molecule has 0 bridgehead atoms. The first-order chi connectivity index (χ1) is 10.8. The van der Waals surface area contributed by atoms with Gasteiger partial charge in [0.05, 0.1) is 19.3 Å². The van der Waals surface area contributed by atoms with Gasteiger partial charge in [-0.3, -0.25) is 13.9 Å². The zero-order valence-electron chi connectivity index (χ0n) is 11.3. The summed E-state index contributed by atoms with van der Waals surface area (Å²) in [4.78, 5) is 38.9. The topological polar surface area (TPSA) is 160 Å². The molecule has 11 nitrogen and oxygen atoms in total. The molecule has 4 atom stereocenters. The molecular weight excluding hydrogens is 338 g/mol. The number of aliphatic hydroxyl groups excluding tert-OH is 1. The highest BCUT2D eigenvalue weighted by Gasteiger charge is 2.46. The van der Waals surface area contributed by atoms with Crippen molar-refractivity contribution in [1.82, 2.24) is 19.5 Å². The van der Waals surface area contributed by atoms with E-state index in [0.29, 0.717) is 0 Å². The maximum atomic E-state index is 14.0. The third kappa shape index (κ3) is 3.04. The van der Waals surface area contributed by atoms with E-state index in [4.69, 9.17) is 14.5 Å². The summed E-state index contributed by atoms with van der Waals surface area (Å²) < 4.78 is 35.3. The van der Waals surface area contributed by atoms with Crippen LogP contribution in [0.2, 0.25) is 0 Å². The quantitative estimate of drug-likeness (QED) is 0.498. The van der Waals surface area contributed by atoms with Crippen LogP contribution in [0.15, 0.2) is 17.4 Å². The molecule has 0 amide bonds. The maximum Gasteiger partial charge on any atom is 0.469 e. The first-order valence-corrected chi connectivity index (χ1v) is 7.89. The number of aromatic nitrogens is 4. The van der Waals surface area contributed by atoms with Crippen molar-refractivity contribution in [3.05, 3.63) is 23.0 Å². The minimum atomic E-state index is -4.80. The molecule has 0 unspecified atom stereocenters. The maximum absolute atomic E-state index is 14.0. The Morgan fingerprint density at radius 1 is 1.48 bits per heavy atom. The number of rotatable bonds is 4. The van der Waals surface area contributed by atoms with Crippen molar-refractivity contribution in [2.45, 2.75) is 24.6 Å². The predicted molar refractivity (Wildman–Crippen MR) is 71.0 cm³/mol. The van der Waals surface area contributed by atoms with Crippen molar-refractivity contribution < 1.29 is 33.1 Å². The lowest BCUT2D eigenvalue weighted by atomic mass is 10.1. The van der Waals surface area contributed by atoms with Gasteiger partial charge in [-0.2, -0.15) is 0 Å². The molecule has 0 radical (unpaired) electrons. The number of halogens is 1. The number of H-pyrrole nitrogens is 1. The average molecular weight is 350 g/mol. The van der Waals surface area contributed by atoms with E-state index >= 15 is 0 Å². The van der Waals surface area contributed by atoms with Crippen LogP contribution in [0.25, 0.3) is 11.2 Å². The van der Waals surface area contributed by atoms with E-state index < -0.39 is 44.6 Å². The van der Waals surface area contributed by atoms with Crippen LogP contribution in [0.1, 0.15) is 6.23 Å². The molecule has 1 fully saturated rings. The number of phosphoric acid groups is 1. The van der Waals surface area contributed by atoms with Gasteiger partial charge in [0.2, 0.25) is 0 Å². The molecule has 0 aromatic carbocycles. The molecule has 0 aliphatic carbocycles. The van der Waals surface area contributed by atoms with E-state index in [0.717, 1.165) is 12.7 Å². The van der Waals surface area contributed by atoms with Gasteiger partial charge in [-0.05, 0) is 0 Å². The Balaban J connectivity index is 1.87. The number of nitrogens with one attached hydrogen (secondary N) is 1. The second kappa shape index (κ2) is 5.74. The lowest BCUT2D eigenvalue weighted by molar-refractivity contribution is -0.0489. The predicted octanol–water partition coefficient (Wildman–Crippen LogP) is -1.17. The van der Waals surface area contributed by atoms with Gasteiger partial charge in [0, 0.05) is 0 Å². The molecule has 4 N–H and O–H groups in total. The van der Waals surface area contributed by atoms with E-state index in [-0.39, 0.29) is 11.2 Å². The van der Waals surface area contributed by atoms with Crippen LogP contribution >= 0.6 is 7.82 Å². The average Bonchev–Trinajstić information content (AvgIpc) is 3.01. The summed E-state index contributed by atoms with van der Waals surface area (Å²) in [5.74, 6) is 0. The van der Waals surface area contributed by atoms with E-state index in [1.165, 1.54) is 4.57 Å². The number of ether oxygens (including phenoxy) is 1. The lowest BCUT2D eigenvalue weighted by Crippen LogP contribution is -2.30. The third-order valence-electron chi connectivity index (χ3n) is 3.33. The normalized spacial score (nSPS) is 28.5. The number of phosphoric ester groups is 1. The van der Waals surface area contributed by atoms with Crippen molar-refractivity contribution in [2.75, 3.05) is 6.61 Å². The smallest absolute Gasteiger partial charge is 0.385 e. The summed E-state index contributed by atoms with van der Waals surface area (Å²) in [6.45, 7) is -0.750. The lowest BCUT2D eigenvalue weighted by Gasteiger charge is -2.16. The highest BCUT2D eigenvalue weighted by molar-refractivity contribution is 7.46. The van der Waals surface area contributed by atoms with Crippen LogP contribution in [-0.4, -0.2) is 59.4 Å². The molecule has 13 heteroatoms. The van der Waals surface area contributed by atoms with Gasteiger partial charge in [-0.25, -0.2) is 18.9 Å². The number of alkyl halides is 1. The van der Waals surface area contributed by atoms with Crippen molar-refractivity contribution in [2.24, 2.45) is 0 Å². The molecule has 0 spiro atoms. The van der Waals surface area contributed by atoms with Crippen molar-refractivity contribution in [3.63, 3.8) is 0 Å². The van der Waals surface area contributed by atoms with Gasteiger partial charge in [-0.1, -0.05) is 0 Å². The zero-order valence-corrected chi connectivity index (χ0v) is 12.2. The standard InChI is InChI=1S/C10H12FN4O7P/c11-5-4(1-21-23(18,19)20)22-10(7(5)16)15-3-14-6-8(15)12-2-13-9(6)17/h2-5,7,10,16H,1H2,(H,12,13,17)(H2,18,19,20)/t4-,5-,7-,10-/m1/s1. The fourth-order valence-corrected chi connectivity index (χ4v) is 2.63. The molecule has 1 aliphatic rings. The second-order valence-electron chi connectivity index (χ2n) is 4.84. The van der Waals surface area contributed by atoms with Gasteiger partial charge < -0.3 is 24.6 Å². The molecular formula is C10H12FN4O7P. The molecule has 3 rings (SSSR count). The number of nitrogens with zero attached hydrogens (tertiary/aromatic N) is 3. The van der Waals surface area contributed by atoms with Crippen LogP contribution in [0.5, 0.6) is 0 Å². The molecule has 3 heterocycles. The minimum Gasteiger partial charge on any atom is -0.385 e. The van der Waals surface area contributed by atoms with Crippen molar-refractivity contribution in [3.8, 4) is 0 Å². The van der Waals surface area contributed by atoms with Crippen molar-refractivity contribution >= 4 is 19.0 Å². The number of aliphatic hydroxyl groups is 1. The Morgan fingerprint density at radius 2 is 2.22 bits per heavy atom. The molecule has 1 aliphatic heterocycles. The molecule has 126 valence electrons. The highest BCUT2D eigenvalue weighted by atomic mass is 31.2. The third-order valence-corrected chi connectivity index (χ3v) is 3.82.